The van der Waals surface area contributed by atoms with E-state index >= 15 is 0 Å². The summed E-state index contributed by atoms with van der Waals surface area (Å²) in [6.45, 7) is 0.852. The molecule has 0 unspecified atom stereocenters. The van der Waals surface area contributed by atoms with Gasteiger partial charge in [-0.3, -0.25) is 9.52 Å². The topological polar surface area (TPSA) is 131 Å². The summed E-state index contributed by atoms with van der Waals surface area (Å²) in [6, 6.07) is 3.24. The molecule has 2 atom stereocenters. The number of aromatic nitrogens is 2. The van der Waals surface area contributed by atoms with Crippen LogP contribution < -0.4 is 10.5 Å². The lowest BCUT2D eigenvalue weighted by molar-refractivity contribution is -0.133. The third-order valence-corrected chi connectivity index (χ3v) is 5.57. The molecule has 1 aromatic heterocycles. The van der Waals surface area contributed by atoms with Crippen LogP contribution in [0.5, 0.6) is 0 Å². The third kappa shape index (κ3) is 5.05. The molecule has 0 aliphatic carbocycles. The van der Waals surface area contributed by atoms with Crippen LogP contribution in [0.15, 0.2) is 22.7 Å². The second-order valence-corrected chi connectivity index (χ2v) is 9.36. The number of rotatable bonds is 6. The van der Waals surface area contributed by atoms with Crippen molar-refractivity contribution in [3.05, 3.63) is 29.1 Å². The maximum Gasteiger partial charge on any atom is 0.267 e. The largest absolute Gasteiger partial charge is 0.339 e. The van der Waals surface area contributed by atoms with Crippen LogP contribution in [0.2, 0.25) is 5.02 Å². The fourth-order valence-corrected chi connectivity index (χ4v) is 3.83. The highest BCUT2D eigenvalue weighted by atomic mass is 35.5. The van der Waals surface area contributed by atoms with Crippen LogP contribution in [-0.4, -0.2) is 60.7 Å². The Labute approximate surface area is 176 Å². The number of sulfonamides is 1. The summed E-state index contributed by atoms with van der Waals surface area (Å²) in [4.78, 5) is 17.7. The average Bonchev–Trinajstić information content (AvgIpc) is 3.25. The first-order valence-corrected chi connectivity index (χ1v) is 11.2. The van der Waals surface area contributed by atoms with Gasteiger partial charge in [-0.1, -0.05) is 23.7 Å². The standard InChI is InChI=1S/C17H20ClF2N5O4S/c1-9(13(21)16(26)25-6-5-17(19,20)8-25)15-22-14(23-29-15)11-4-3-10(7-12(11)18)24-30(2,27)28/h3-4,7,9,13,24H,5-6,8,21H2,1-2H3/t9-,13-/m0/s1. The quantitative estimate of drug-likeness (QED) is 0.670. The van der Waals surface area contributed by atoms with E-state index < -0.39 is 46.8 Å². The minimum Gasteiger partial charge on any atom is -0.339 e. The van der Waals surface area contributed by atoms with Crippen molar-refractivity contribution in [3.8, 4) is 11.4 Å². The van der Waals surface area contributed by atoms with Gasteiger partial charge in [-0.2, -0.15) is 4.98 Å². The molecule has 1 amide bonds. The molecule has 0 saturated carbocycles. The van der Waals surface area contributed by atoms with E-state index in [0.29, 0.717) is 5.56 Å². The molecule has 1 saturated heterocycles. The second-order valence-electron chi connectivity index (χ2n) is 7.21. The molecule has 1 aliphatic heterocycles. The summed E-state index contributed by atoms with van der Waals surface area (Å²) in [6.07, 6.45) is 0.614. The number of anilines is 1. The van der Waals surface area contributed by atoms with E-state index in [4.69, 9.17) is 21.9 Å². The molecule has 0 bridgehead atoms. The number of carbonyl (C=O) groups excluding carboxylic acids is 1. The first kappa shape index (κ1) is 22.4. The number of nitrogens with zero attached hydrogens (tertiary/aromatic N) is 3. The lowest BCUT2D eigenvalue weighted by Crippen LogP contribution is -2.46. The van der Waals surface area contributed by atoms with Crippen LogP contribution in [-0.2, 0) is 14.8 Å². The van der Waals surface area contributed by atoms with Crippen molar-refractivity contribution in [1.29, 1.82) is 0 Å². The highest BCUT2D eigenvalue weighted by Gasteiger charge is 2.42. The van der Waals surface area contributed by atoms with E-state index in [1.807, 2.05) is 0 Å². The Balaban J connectivity index is 1.75. The normalized spacial score (nSPS) is 18.3. The zero-order chi connectivity index (χ0) is 22.3. The first-order chi connectivity index (χ1) is 13.9. The molecule has 0 spiro atoms. The number of likely N-dealkylation sites (tertiary alicyclic amines) is 1. The Morgan fingerprint density at radius 3 is 2.70 bits per heavy atom. The molecule has 0 radical (unpaired) electrons. The fraction of sp³-hybridized carbons (Fsp3) is 0.471. The first-order valence-electron chi connectivity index (χ1n) is 8.90. The van der Waals surface area contributed by atoms with Gasteiger partial charge in [0, 0.05) is 24.2 Å². The molecule has 13 heteroatoms. The van der Waals surface area contributed by atoms with Crippen LogP contribution in [0.3, 0.4) is 0 Å². The Kier molecular flexibility index (Phi) is 6.03. The third-order valence-electron chi connectivity index (χ3n) is 4.65. The van der Waals surface area contributed by atoms with Crippen molar-refractivity contribution in [3.63, 3.8) is 0 Å². The Morgan fingerprint density at radius 1 is 1.43 bits per heavy atom. The number of hydrogen-bond donors (Lipinski definition) is 2. The minimum atomic E-state index is -3.47. The second kappa shape index (κ2) is 8.08. The summed E-state index contributed by atoms with van der Waals surface area (Å²) >= 11 is 6.19. The molecule has 30 heavy (non-hydrogen) atoms. The molecular formula is C17H20ClF2N5O4S. The van der Waals surface area contributed by atoms with Crippen LogP contribution in [0.1, 0.15) is 25.2 Å². The van der Waals surface area contributed by atoms with Crippen molar-refractivity contribution in [1.82, 2.24) is 15.0 Å². The van der Waals surface area contributed by atoms with E-state index in [2.05, 4.69) is 14.9 Å². The van der Waals surface area contributed by atoms with Gasteiger partial charge >= 0.3 is 0 Å². The van der Waals surface area contributed by atoms with Gasteiger partial charge in [0.1, 0.15) is 0 Å². The summed E-state index contributed by atoms with van der Waals surface area (Å²) in [5, 5.41) is 4.00. The molecule has 1 aromatic carbocycles. The summed E-state index contributed by atoms with van der Waals surface area (Å²) < 4.78 is 56.8. The van der Waals surface area contributed by atoms with E-state index in [0.717, 1.165) is 11.2 Å². The Morgan fingerprint density at radius 2 is 2.13 bits per heavy atom. The van der Waals surface area contributed by atoms with Crippen molar-refractivity contribution in [2.24, 2.45) is 5.73 Å². The van der Waals surface area contributed by atoms with Crippen molar-refractivity contribution in [2.75, 3.05) is 24.1 Å². The lowest BCUT2D eigenvalue weighted by Gasteiger charge is -2.22. The summed E-state index contributed by atoms with van der Waals surface area (Å²) in [7, 11) is -3.47. The lowest BCUT2D eigenvalue weighted by atomic mass is 10.0. The monoisotopic (exact) mass is 463 g/mol. The number of alkyl halides is 2. The number of halogens is 3. The molecular weight excluding hydrogens is 444 g/mol. The van der Waals surface area contributed by atoms with E-state index in [1.165, 1.54) is 18.2 Å². The highest BCUT2D eigenvalue weighted by molar-refractivity contribution is 7.92. The maximum atomic E-state index is 13.4. The molecule has 1 fully saturated rings. The predicted octanol–water partition coefficient (Wildman–Crippen LogP) is 2.06. The number of carbonyl (C=O) groups is 1. The van der Waals surface area contributed by atoms with Crippen LogP contribution >= 0.6 is 11.6 Å². The van der Waals surface area contributed by atoms with Gasteiger partial charge in [0.2, 0.25) is 27.6 Å². The van der Waals surface area contributed by atoms with Gasteiger partial charge in [0.25, 0.3) is 5.92 Å². The molecule has 3 rings (SSSR count). The smallest absolute Gasteiger partial charge is 0.267 e. The van der Waals surface area contributed by atoms with Gasteiger partial charge in [0.15, 0.2) is 0 Å². The number of hydrogen-bond acceptors (Lipinski definition) is 7. The number of amides is 1. The predicted molar refractivity (Wildman–Crippen MR) is 106 cm³/mol. The van der Waals surface area contributed by atoms with Crippen molar-refractivity contribution < 1.29 is 26.5 Å². The van der Waals surface area contributed by atoms with Crippen molar-refractivity contribution in [2.45, 2.75) is 31.2 Å². The van der Waals surface area contributed by atoms with E-state index in [9.17, 15) is 22.0 Å². The van der Waals surface area contributed by atoms with Gasteiger partial charge < -0.3 is 15.2 Å². The number of nitrogens with one attached hydrogen (secondary N) is 1. The van der Waals surface area contributed by atoms with Crippen molar-refractivity contribution >= 4 is 33.2 Å². The highest BCUT2D eigenvalue weighted by Crippen LogP contribution is 2.31. The van der Waals surface area contributed by atoms with E-state index in [-0.39, 0.29) is 29.0 Å². The zero-order valence-corrected chi connectivity index (χ0v) is 17.7. The average molecular weight is 464 g/mol. The maximum absolute atomic E-state index is 13.4. The molecule has 2 aromatic rings. The molecule has 3 N–H and O–H groups in total. The summed E-state index contributed by atoms with van der Waals surface area (Å²) in [5.74, 6) is -4.09. The van der Waals surface area contributed by atoms with Gasteiger partial charge in [0.05, 0.1) is 29.8 Å². The molecule has 1 aliphatic rings. The fourth-order valence-electron chi connectivity index (χ4n) is 3.01. The number of nitrogens with two attached hydrogens (primary N) is 1. The van der Waals surface area contributed by atoms with Crippen LogP contribution in [0, 0.1) is 0 Å². The Hall–Kier alpha value is -2.31. The molecule has 2 heterocycles. The summed E-state index contributed by atoms with van der Waals surface area (Å²) in [5.41, 5.74) is 6.60. The Bertz CT molecular complexity index is 1060. The zero-order valence-electron chi connectivity index (χ0n) is 16.1. The van der Waals surface area contributed by atoms with E-state index in [1.54, 1.807) is 6.92 Å². The van der Waals surface area contributed by atoms with Crippen LogP contribution in [0.25, 0.3) is 11.4 Å². The molecule has 164 valence electrons. The van der Waals surface area contributed by atoms with Gasteiger partial charge in [-0.15, -0.1) is 0 Å². The van der Waals surface area contributed by atoms with Crippen LogP contribution in [0.4, 0.5) is 14.5 Å². The SMILES string of the molecule is C[C@H](c1nc(-c2ccc(NS(C)(=O)=O)cc2Cl)no1)[C@H](N)C(=O)N1CCC(F)(F)C1. The minimum absolute atomic E-state index is 0.0474. The number of benzene rings is 1. The van der Waals surface area contributed by atoms with Gasteiger partial charge in [-0.05, 0) is 18.2 Å². The van der Waals surface area contributed by atoms with Gasteiger partial charge in [-0.25, -0.2) is 17.2 Å². The molecule has 9 nitrogen and oxygen atoms in total.